The third-order valence-corrected chi connectivity index (χ3v) is 7.13. The van der Waals surface area contributed by atoms with Crippen LogP contribution in [0.15, 0.2) is 86.0 Å². The predicted molar refractivity (Wildman–Crippen MR) is 169 cm³/mol. The van der Waals surface area contributed by atoms with Gasteiger partial charge < -0.3 is 23.7 Å². The minimum absolute atomic E-state index is 0.0850. The number of benzene rings is 2. The van der Waals surface area contributed by atoms with Gasteiger partial charge in [-0.1, -0.05) is 98.5 Å². The monoisotopic (exact) mass is 580 g/mol. The molecule has 0 aliphatic heterocycles. The van der Waals surface area contributed by atoms with Crippen LogP contribution in [-0.2, 0) is 41.7 Å². The number of ether oxygens (including phenoxy) is 5. The van der Waals surface area contributed by atoms with Crippen molar-refractivity contribution in [2.45, 2.75) is 109 Å². The number of esters is 1. The molecule has 0 amide bonds. The Bertz CT molecular complexity index is 963. The number of hydrogen-bond donors (Lipinski definition) is 0. The fraction of sp³-hybridized carbons (Fsp3) is 0.528. The minimum Gasteiger partial charge on any atom is -0.463 e. The number of hydrogen-bond acceptors (Lipinski definition) is 6. The molecular weight excluding hydrogens is 528 g/mol. The van der Waals surface area contributed by atoms with Crippen LogP contribution in [-0.4, -0.2) is 44.3 Å². The van der Waals surface area contributed by atoms with E-state index < -0.39 is 18.3 Å². The molecule has 0 spiro atoms. The molecule has 0 saturated heterocycles. The van der Waals surface area contributed by atoms with E-state index in [1.165, 1.54) is 25.7 Å². The Balaban J connectivity index is 1.99. The lowest BCUT2D eigenvalue weighted by atomic mass is 10.0. The second-order valence-corrected chi connectivity index (χ2v) is 10.7. The van der Waals surface area contributed by atoms with Crippen molar-refractivity contribution in [3.8, 4) is 0 Å². The zero-order valence-corrected chi connectivity index (χ0v) is 25.8. The van der Waals surface area contributed by atoms with Gasteiger partial charge in [-0.25, -0.2) is 0 Å². The summed E-state index contributed by atoms with van der Waals surface area (Å²) in [7, 11) is 1.57. The minimum atomic E-state index is -0.515. The topological polar surface area (TPSA) is 63.2 Å². The maximum atomic E-state index is 12.9. The summed E-state index contributed by atoms with van der Waals surface area (Å²) in [6.45, 7) is 10.6. The highest BCUT2D eigenvalue weighted by atomic mass is 16.7. The summed E-state index contributed by atoms with van der Waals surface area (Å²) in [6.07, 6.45) is 11.9. The molecule has 0 aliphatic carbocycles. The molecule has 2 rings (SSSR count). The lowest BCUT2D eigenvalue weighted by molar-refractivity contribution is -0.165. The molecule has 0 heterocycles. The van der Waals surface area contributed by atoms with Crippen LogP contribution in [0.5, 0.6) is 0 Å². The summed E-state index contributed by atoms with van der Waals surface area (Å²) in [5.41, 5.74) is 2.07. The highest BCUT2D eigenvalue weighted by Gasteiger charge is 2.31. The summed E-state index contributed by atoms with van der Waals surface area (Å²) < 4.78 is 29.7. The second-order valence-electron chi connectivity index (χ2n) is 10.7. The Labute approximate surface area is 254 Å². The van der Waals surface area contributed by atoms with Crippen molar-refractivity contribution < 1.29 is 28.5 Å². The van der Waals surface area contributed by atoms with Crippen LogP contribution in [0.2, 0.25) is 0 Å². The van der Waals surface area contributed by atoms with Gasteiger partial charge in [-0.2, -0.15) is 0 Å². The first-order chi connectivity index (χ1) is 20.6. The number of carbonyl (C=O) groups excluding carboxylic acids is 1. The molecule has 0 aliphatic rings. The van der Waals surface area contributed by atoms with Crippen LogP contribution in [0, 0.1) is 0 Å². The van der Waals surface area contributed by atoms with Crippen LogP contribution < -0.4 is 0 Å². The van der Waals surface area contributed by atoms with E-state index in [-0.39, 0.29) is 25.3 Å². The molecular formula is C36H52O6. The van der Waals surface area contributed by atoms with Crippen LogP contribution in [0.3, 0.4) is 0 Å². The van der Waals surface area contributed by atoms with Crippen molar-refractivity contribution in [3.05, 3.63) is 97.1 Å². The average Bonchev–Trinajstić information content (AvgIpc) is 3.01. The van der Waals surface area contributed by atoms with Gasteiger partial charge in [0, 0.05) is 13.5 Å². The van der Waals surface area contributed by atoms with E-state index in [9.17, 15) is 4.79 Å². The molecule has 0 aromatic heterocycles. The molecule has 0 radical (unpaired) electrons. The van der Waals surface area contributed by atoms with Crippen LogP contribution in [0.25, 0.3) is 0 Å². The van der Waals surface area contributed by atoms with Gasteiger partial charge >= 0.3 is 5.97 Å². The van der Waals surface area contributed by atoms with Gasteiger partial charge in [0.2, 0.25) is 0 Å². The molecule has 0 bridgehead atoms. The number of rotatable bonds is 25. The Kier molecular flexibility index (Phi) is 19.2. The smallest absolute Gasteiger partial charge is 0.306 e. The number of allylic oxidation sites excluding steroid dienone is 1. The normalized spacial score (nSPS) is 14.0. The summed E-state index contributed by atoms with van der Waals surface area (Å²) in [5.74, 6) is -0.227. The summed E-state index contributed by atoms with van der Waals surface area (Å²) in [6, 6.07) is 19.9. The molecule has 2 aromatic rings. The Morgan fingerprint density at radius 3 is 1.98 bits per heavy atom. The van der Waals surface area contributed by atoms with Gasteiger partial charge in [0.1, 0.15) is 19.0 Å². The average molecular weight is 581 g/mol. The summed E-state index contributed by atoms with van der Waals surface area (Å²) in [5, 5.41) is 0. The number of methoxy groups -OCH3 is 1. The molecule has 0 saturated carbocycles. The fourth-order valence-electron chi connectivity index (χ4n) is 4.77. The Morgan fingerprint density at radius 2 is 1.38 bits per heavy atom. The molecule has 42 heavy (non-hydrogen) atoms. The highest BCUT2D eigenvalue weighted by Crippen LogP contribution is 2.22. The Hall–Kier alpha value is -2.77. The van der Waals surface area contributed by atoms with Gasteiger partial charge in [0.05, 0.1) is 25.4 Å². The van der Waals surface area contributed by atoms with E-state index in [1.807, 2.05) is 73.7 Å². The van der Waals surface area contributed by atoms with E-state index >= 15 is 0 Å². The van der Waals surface area contributed by atoms with E-state index in [4.69, 9.17) is 23.7 Å². The van der Waals surface area contributed by atoms with Crippen molar-refractivity contribution in [1.29, 1.82) is 0 Å². The Morgan fingerprint density at radius 1 is 0.786 bits per heavy atom. The van der Waals surface area contributed by atoms with Crippen molar-refractivity contribution in [3.63, 3.8) is 0 Å². The highest BCUT2D eigenvalue weighted by molar-refractivity contribution is 5.69. The van der Waals surface area contributed by atoms with Crippen molar-refractivity contribution >= 4 is 5.97 Å². The second kappa shape index (κ2) is 22.8. The van der Waals surface area contributed by atoms with E-state index in [1.54, 1.807) is 13.2 Å². The maximum Gasteiger partial charge on any atom is 0.306 e. The largest absolute Gasteiger partial charge is 0.463 e. The molecule has 4 atom stereocenters. The van der Waals surface area contributed by atoms with Gasteiger partial charge in [0.25, 0.3) is 0 Å². The van der Waals surface area contributed by atoms with Gasteiger partial charge in [-0.05, 0) is 50.2 Å². The van der Waals surface area contributed by atoms with Crippen LogP contribution in [0.4, 0.5) is 0 Å². The molecule has 0 N–H and O–H groups in total. The predicted octanol–water partition coefficient (Wildman–Crippen LogP) is 8.35. The molecule has 0 fully saturated rings. The summed E-state index contributed by atoms with van der Waals surface area (Å²) >= 11 is 0. The van der Waals surface area contributed by atoms with E-state index in [2.05, 4.69) is 13.2 Å². The van der Waals surface area contributed by atoms with Gasteiger partial charge in [-0.3, -0.25) is 4.79 Å². The molecule has 6 heteroatoms. The third-order valence-electron chi connectivity index (χ3n) is 7.13. The quantitative estimate of drug-likeness (QED) is 0.0509. The first kappa shape index (κ1) is 35.4. The standard InChI is InChI=1S/C36H52O6/c1-5-7-8-9-10-11-12-15-20-30(3)42-35(37)26-25-34(39-27-31-21-16-13-17-22-31)36(33(6-2)41-29-38-4)40-28-32-23-18-14-19-24-32/h5-6,13-14,16-19,21-24,30,33-34,36H,1-2,7-12,15,20,25-29H2,3-4H3/t30-,33+,34+,36-/m0/s1. The molecule has 0 unspecified atom stereocenters. The first-order valence-corrected chi connectivity index (χ1v) is 15.4. The SMILES string of the molecule is C=CCCCCCCCC[C@H](C)OC(=O)CC[C@@H](OCc1ccccc1)[C@@H](OCc1ccccc1)[C@@H](C=C)OCOC. The first-order valence-electron chi connectivity index (χ1n) is 15.4. The van der Waals surface area contributed by atoms with Crippen LogP contribution in [0.1, 0.15) is 82.3 Å². The van der Waals surface area contributed by atoms with E-state index in [0.29, 0.717) is 19.6 Å². The maximum absolute atomic E-state index is 12.9. The lowest BCUT2D eigenvalue weighted by Crippen LogP contribution is -2.42. The van der Waals surface area contributed by atoms with E-state index in [0.717, 1.165) is 36.8 Å². The number of unbranched alkanes of at least 4 members (excludes halogenated alkanes) is 6. The third kappa shape index (κ3) is 15.5. The molecule has 2 aromatic carbocycles. The van der Waals surface area contributed by atoms with Crippen LogP contribution >= 0.6 is 0 Å². The van der Waals surface area contributed by atoms with Crippen molar-refractivity contribution in [2.75, 3.05) is 13.9 Å². The molecule has 232 valence electrons. The number of carbonyl (C=O) groups is 1. The molecule has 6 nitrogen and oxygen atoms in total. The van der Waals surface area contributed by atoms with Crippen molar-refractivity contribution in [1.82, 2.24) is 0 Å². The fourth-order valence-corrected chi connectivity index (χ4v) is 4.77. The van der Waals surface area contributed by atoms with Gasteiger partial charge in [-0.15, -0.1) is 13.2 Å². The zero-order valence-electron chi connectivity index (χ0n) is 25.8. The van der Waals surface area contributed by atoms with Gasteiger partial charge in [0.15, 0.2) is 0 Å². The van der Waals surface area contributed by atoms with Crippen molar-refractivity contribution in [2.24, 2.45) is 0 Å². The summed E-state index contributed by atoms with van der Waals surface area (Å²) in [4.78, 5) is 12.9. The lowest BCUT2D eigenvalue weighted by Gasteiger charge is -2.32. The zero-order chi connectivity index (χ0) is 30.3.